The summed E-state index contributed by atoms with van der Waals surface area (Å²) in [4.78, 5) is 26.7. The largest absolute Gasteiger partial charge is 0.469 e. The molecule has 0 spiro atoms. The van der Waals surface area contributed by atoms with Crippen LogP contribution in [-0.2, 0) is 20.7 Å². The molecule has 1 unspecified atom stereocenters. The summed E-state index contributed by atoms with van der Waals surface area (Å²) in [6.07, 6.45) is 6.91. The number of rotatable bonds is 7. The quantitative estimate of drug-likeness (QED) is 0.704. The van der Waals surface area contributed by atoms with Gasteiger partial charge in [0, 0.05) is 19.0 Å². The van der Waals surface area contributed by atoms with Gasteiger partial charge < -0.3 is 9.64 Å². The number of carbonyl (C=O) groups excluding carboxylic acids is 2. The highest BCUT2D eigenvalue weighted by atomic mass is 16.5. The van der Waals surface area contributed by atoms with E-state index in [4.69, 9.17) is 4.74 Å². The minimum atomic E-state index is -0.282. The Morgan fingerprint density at radius 3 is 2.40 bits per heavy atom. The van der Waals surface area contributed by atoms with E-state index in [1.165, 1.54) is 37.5 Å². The zero-order valence-electron chi connectivity index (χ0n) is 15.8. The average Bonchev–Trinajstić information content (AvgIpc) is 2.65. The van der Waals surface area contributed by atoms with Gasteiger partial charge in [0.2, 0.25) is 5.91 Å². The first-order valence-corrected chi connectivity index (χ1v) is 9.44. The Kier molecular flexibility index (Phi) is 7.48. The van der Waals surface area contributed by atoms with Crippen molar-refractivity contribution < 1.29 is 14.3 Å². The van der Waals surface area contributed by atoms with Gasteiger partial charge in [-0.15, -0.1) is 0 Å². The summed E-state index contributed by atoms with van der Waals surface area (Å²) < 4.78 is 4.84. The zero-order valence-corrected chi connectivity index (χ0v) is 15.8. The third kappa shape index (κ3) is 5.87. The van der Waals surface area contributed by atoms with Crippen LogP contribution in [0.5, 0.6) is 0 Å². The number of hydrogen-bond donors (Lipinski definition) is 0. The normalized spacial score (nSPS) is 16.3. The molecule has 1 amide bonds. The molecule has 1 aromatic carbocycles. The summed E-state index contributed by atoms with van der Waals surface area (Å²) >= 11 is 0. The van der Waals surface area contributed by atoms with Crippen LogP contribution in [0.2, 0.25) is 0 Å². The fourth-order valence-electron chi connectivity index (χ4n) is 3.57. The molecule has 0 saturated heterocycles. The minimum Gasteiger partial charge on any atom is -0.469 e. The van der Waals surface area contributed by atoms with E-state index in [2.05, 4.69) is 31.2 Å². The smallest absolute Gasteiger partial charge is 0.310 e. The van der Waals surface area contributed by atoms with Crippen molar-refractivity contribution in [2.24, 2.45) is 5.92 Å². The van der Waals surface area contributed by atoms with Crippen molar-refractivity contribution in [1.29, 1.82) is 0 Å². The first kappa shape index (κ1) is 19.5. The summed E-state index contributed by atoms with van der Waals surface area (Å²) in [6, 6.07) is 8.61. The molecule has 138 valence electrons. The van der Waals surface area contributed by atoms with Crippen molar-refractivity contribution in [3.05, 3.63) is 35.4 Å². The Hall–Kier alpha value is -1.84. The number of hydrogen-bond acceptors (Lipinski definition) is 3. The van der Waals surface area contributed by atoms with E-state index in [9.17, 15) is 9.59 Å². The topological polar surface area (TPSA) is 46.6 Å². The van der Waals surface area contributed by atoms with Crippen LogP contribution in [0.15, 0.2) is 24.3 Å². The van der Waals surface area contributed by atoms with Gasteiger partial charge in [0.25, 0.3) is 0 Å². The Labute approximate surface area is 151 Å². The highest BCUT2D eigenvalue weighted by molar-refractivity contribution is 5.78. The molecule has 1 aromatic rings. The zero-order chi connectivity index (χ0) is 18.2. The first-order chi connectivity index (χ1) is 12.0. The van der Waals surface area contributed by atoms with Crippen molar-refractivity contribution in [3.8, 4) is 0 Å². The van der Waals surface area contributed by atoms with Gasteiger partial charge >= 0.3 is 5.97 Å². The molecule has 0 aromatic heterocycles. The van der Waals surface area contributed by atoms with Crippen LogP contribution in [0.1, 0.15) is 56.6 Å². The van der Waals surface area contributed by atoms with E-state index in [1.807, 2.05) is 11.8 Å². The average molecular weight is 345 g/mol. The number of benzene rings is 1. The van der Waals surface area contributed by atoms with Crippen molar-refractivity contribution >= 4 is 11.9 Å². The lowest BCUT2D eigenvalue weighted by molar-refractivity contribution is -0.147. The predicted octanol–water partition coefficient (Wildman–Crippen LogP) is 3.90. The van der Waals surface area contributed by atoms with E-state index in [0.717, 1.165) is 19.3 Å². The van der Waals surface area contributed by atoms with E-state index in [-0.39, 0.29) is 23.8 Å². The third-order valence-corrected chi connectivity index (χ3v) is 5.16. The predicted molar refractivity (Wildman–Crippen MR) is 99.3 cm³/mol. The molecule has 1 aliphatic rings. The second-order valence-corrected chi connectivity index (χ2v) is 7.25. The van der Waals surface area contributed by atoms with Crippen LogP contribution in [0.3, 0.4) is 0 Å². The van der Waals surface area contributed by atoms with E-state index in [1.54, 1.807) is 0 Å². The maximum atomic E-state index is 12.9. The van der Waals surface area contributed by atoms with E-state index < -0.39 is 0 Å². The van der Waals surface area contributed by atoms with Crippen molar-refractivity contribution in [2.45, 2.75) is 64.8 Å². The molecule has 4 nitrogen and oxygen atoms in total. The Bertz CT molecular complexity index is 561. The Balaban J connectivity index is 2.00. The maximum absolute atomic E-state index is 12.9. The fourth-order valence-corrected chi connectivity index (χ4v) is 3.57. The molecular formula is C21H31NO3. The van der Waals surface area contributed by atoms with E-state index in [0.29, 0.717) is 13.0 Å². The summed E-state index contributed by atoms with van der Waals surface area (Å²) in [7, 11) is 1.41. The number of esters is 1. The van der Waals surface area contributed by atoms with Gasteiger partial charge in [0.15, 0.2) is 0 Å². The number of ether oxygens (including phenoxy) is 1. The molecule has 25 heavy (non-hydrogen) atoms. The highest BCUT2D eigenvalue weighted by Gasteiger charge is 2.28. The van der Waals surface area contributed by atoms with Gasteiger partial charge in [-0.25, -0.2) is 0 Å². The lowest BCUT2D eigenvalue weighted by Gasteiger charge is -2.35. The SMILES string of the molecule is COC(=O)C(C)CN(C(=O)CCc1ccc(C)cc1)C1CCCCC1. The maximum Gasteiger partial charge on any atom is 0.310 e. The Morgan fingerprint density at radius 2 is 1.80 bits per heavy atom. The molecule has 1 fully saturated rings. The molecule has 0 bridgehead atoms. The Morgan fingerprint density at radius 1 is 1.16 bits per heavy atom. The first-order valence-electron chi connectivity index (χ1n) is 9.44. The molecule has 1 saturated carbocycles. The number of carbonyl (C=O) groups is 2. The highest BCUT2D eigenvalue weighted by Crippen LogP contribution is 2.24. The van der Waals surface area contributed by atoms with Gasteiger partial charge in [-0.3, -0.25) is 9.59 Å². The van der Waals surface area contributed by atoms with Crippen LogP contribution in [0.25, 0.3) is 0 Å². The summed E-state index contributed by atoms with van der Waals surface area (Å²) in [5.41, 5.74) is 2.41. The van der Waals surface area contributed by atoms with Crippen LogP contribution in [0, 0.1) is 12.8 Å². The molecule has 4 heteroatoms. The van der Waals surface area contributed by atoms with Crippen LogP contribution in [-0.4, -0.2) is 36.5 Å². The molecule has 0 N–H and O–H groups in total. The van der Waals surface area contributed by atoms with Gasteiger partial charge in [-0.05, 0) is 31.7 Å². The van der Waals surface area contributed by atoms with Crippen molar-refractivity contribution in [1.82, 2.24) is 4.90 Å². The second-order valence-electron chi connectivity index (χ2n) is 7.25. The number of nitrogens with zero attached hydrogens (tertiary/aromatic N) is 1. The van der Waals surface area contributed by atoms with Crippen LogP contribution >= 0.6 is 0 Å². The van der Waals surface area contributed by atoms with Crippen LogP contribution < -0.4 is 0 Å². The molecule has 1 atom stereocenters. The summed E-state index contributed by atoms with van der Waals surface area (Å²) in [6.45, 7) is 4.37. The third-order valence-electron chi connectivity index (χ3n) is 5.16. The van der Waals surface area contributed by atoms with Crippen molar-refractivity contribution in [3.63, 3.8) is 0 Å². The van der Waals surface area contributed by atoms with Gasteiger partial charge in [0.1, 0.15) is 0 Å². The molecular weight excluding hydrogens is 314 g/mol. The number of amides is 1. The van der Waals surface area contributed by atoms with Gasteiger partial charge in [-0.1, -0.05) is 56.0 Å². The van der Waals surface area contributed by atoms with Crippen molar-refractivity contribution in [2.75, 3.05) is 13.7 Å². The van der Waals surface area contributed by atoms with E-state index >= 15 is 0 Å². The molecule has 2 rings (SSSR count). The molecule has 1 aliphatic carbocycles. The van der Waals surface area contributed by atoms with Gasteiger partial charge in [-0.2, -0.15) is 0 Å². The van der Waals surface area contributed by atoms with Gasteiger partial charge in [0.05, 0.1) is 13.0 Å². The summed E-state index contributed by atoms with van der Waals surface area (Å²) in [5, 5.41) is 0. The number of methoxy groups -OCH3 is 1. The molecule has 0 aliphatic heterocycles. The van der Waals surface area contributed by atoms with Crippen LogP contribution in [0.4, 0.5) is 0 Å². The molecule has 0 radical (unpaired) electrons. The summed E-state index contributed by atoms with van der Waals surface area (Å²) in [5.74, 6) is -0.370. The lowest BCUT2D eigenvalue weighted by atomic mass is 9.93. The lowest BCUT2D eigenvalue weighted by Crippen LogP contribution is -2.45. The minimum absolute atomic E-state index is 0.156. The molecule has 0 heterocycles. The fraction of sp³-hybridized carbons (Fsp3) is 0.619. The monoisotopic (exact) mass is 345 g/mol. The number of aryl methyl sites for hydroxylation is 2. The second kappa shape index (κ2) is 9.59. The standard InChI is InChI=1S/C21H31NO3/c1-16-9-11-18(12-10-16)13-14-20(23)22(15-17(2)21(24)25-3)19-7-5-4-6-8-19/h9-12,17,19H,4-8,13-15H2,1-3H3.